The zero-order valence-electron chi connectivity index (χ0n) is 10.5. The highest BCUT2D eigenvalue weighted by Crippen LogP contribution is 2.10. The van der Waals surface area contributed by atoms with Gasteiger partial charge in [0, 0.05) is 0 Å². The zero-order chi connectivity index (χ0) is 12.3. The minimum absolute atomic E-state index is 0. The van der Waals surface area contributed by atoms with Gasteiger partial charge in [-0.3, -0.25) is 4.55 Å². The minimum Gasteiger partial charge on any atom is -0.286 e. The molecule has 102 valence electrons. The number of hydrogen-bond donors (Lipinski definition) is 1. The standard InChI is InChI=1S/C12H26O3S.Mg.2H/c1-2-3-4-5-6-7-8-9-10-11-12-16(13,14)15;;;/h2-12H2,1H3,(H,13,14,15);;;. The average molecular weight is 277 g/mol. The molecule has 0 bridgehead atoms. The third-order valence-corrected chi connectivity index (χ3v) is 3.56. The van der Waals surface area contributed by atoms with E-state index in [4.69, 9.17) is 4.55 Å². The summed E-state index contributed by atoms with van der Waals surface area (Å²) in [5.74, 6) is -0.0799. The lowest BCUT2D eigenvalue weighted by Gasteiger charge is -2.01. The van der Waals surface area contributed by atoms with E-state index in [0.717, 1.165) is 12.8 Å². The van der Waals surface area contributed by atoms with Crippen LogP contribution in [0.1, 0.15) is 71.1 Å². The van der Waals surface area contributed by atoms with E-state index < -0.39 is 10.1 Å². The Hall–Kier alpha value is 0.676. The van der Waals surface area contributed by atoms with Crippen LogP contribution >= 0.6 is 0 Å². The molecule has 0 saturated heterocycles. The summed E-state index contributed by atoms with van der Waals surface area (Å²) in [5.41, 5.74) is 0. The molecule has 0 saturated carbocycles. The Labute approximate surface area is 123 Å². The van der Waals surface area contributed by atoms with E-state index in [9.17, 15) is 8.42 Å². The van der Waals surface area contributed by atoms with Crippen LogP contribution in [0.3, 0.4) is 0 Å². The molecule has 0 aliphatic rings. The molecule has 0 aromatic rings. The second kappa shape index (κ2) is 13.1. The highest BCUT2D eigenvalue weighted by atomic mass is 32.2. The van der Waals surface area contributed by atoms with E-state index in [1.165, 1.54) is 44.9 Å². The summed E-state index contributed by atoms with van der Waals surface area (Å²) >= 11 is 0. The largest absolute Gasteiger partial charge is 0.316 e. The van der Waals surface area contributed by atoms with E-state index in [1.807, 2.05) is 0 Å². The van der Waals surface area contributed by atoms with Crippen molar-refractivity contribution in [3.8, 4) is 0 Å². The van der Waals surface area contributed by atoms with Crippen molar-refractivity contribution in [1.29, 1.82) is 0 Å². The predicted octanol–water partition coefficient (Wildman–Crippen LogP) is 2.88. The molecular formula is C12H28MgO3S. The van der Waals surface area contributed by atoms with Gasteiger partial charge in [0.25, 0.3) is 10.1 Å². The van der Waals surface area contributed by atoms with Crippen LogP contribution in [0.15, 0.2) is 0 Å². The molecule has 0 aromatic carbocycles. The third kappa shape index (κ3) is 19.2. The molecule has 0 aliphatic heterocycles. The van der Waals surface area contributed by atoms with Gasteiger partial charge in [-0.15, -0.1) is 0 Å². The van der Waals surface area contributed by atoms with Crippen LogP contribution in [0.25, 0.3) is 0 Å². The van der Waals surface area contributed by atoms with Gasteiger partial charge >= 0.3 is 23.1 Å². The fraction of sp³-hybridized carbons (Fsp3) is 1.00. The Bertz CT molecular complexity index is 240. The molecule has 5 heteroatoms. The molecule has 0 heterocycles. The molecule has 0 spiro atoms. The average Bonchev–Trinajstić information content (AvgIpc) is 2.19. The van der Waals surface area contributed by atoms with Crippen molar-refractivity contribution in [2.75, 3.05) is 5.75 Å². The zero-order valence-corrected chi connectivity index (χ0v) is 11.3. The van der Waals surface area contributed by atoms with E-state index in [1.54, 1.807) is 0 Å². The second-order valence-electron chi connectivity index (χ2n) is 4.47. The van der Waals surface area contributed by atoms with Gasteiger partial charge in [0.2, 0.25) is 0 Å². The summed E-state index contributed by atoms with van der Waals surface area (Å²) in [6.07, 6.45) is 11.7. The summed E-state index contributed by atoms with van der Waals surface area (Å²) in [6, 6.07) is 0. The Balaban J connectivity index is 0. The van der Waals surface area contributed by atoms with Crippen LogP contribution in [-0.4, -0.2) is 41.8 Å². The van der Waals surface area contributed by atoms with Gasteiger partial charge in [-0.2, -0.15) is 8.42 Å². The first-order valence-electron chi connectivity index (χ1n) is 6.51. The first-order valence-corrected chi connectivity index (χ1v) is 8.12. The molecule has 0 aliphatic carbocycles. The molecule has 0 fully saturated rings. The molecule has 0 atom stereocenters. The summed E-state index contributed by atoms with van der Waals surface area (Å²) in [7, 11) is -3.73. The van der Waals surface area contributed by atoms with Crippen molar-refractivity contribution >= 4 is 33.2 Å². The third-order valence-electron chi connectivity index (χ3n) is 2.76. The first kappa shape index (κ1) is 20.0. The van der Waals surface area contributed by atoms with Crippen molar-refractivity contribution in [2.45, 2.75) is 71.1 Å². The summed E-state index contributed by atoms with van der Waals surface area (Å²) in [5, 5.41) is 0. The Kier molecular flexibility index (Phi) is 15.4. The molecule has 17 heavy (non-hydrogen) atoms. The molecule has 0 amide bonds. The maximum atomic E-state index is 10.4. The van der Waals surface area contributed by atoms with Crippen LogP contribution in [0.4, 0.5) is 0 Å². The minimum atomic E-state index is -3.73. The molecule has 0 aromatic heterocycles. The van der Waals surface area contributed by atoms with Gasteiger partial charge in [-0.05, 0) is 6.42 Å². The lowest BCUT2D eigenvalue weighted by Crippen LogP contribution is -2.03. The topological polar surface area (TPSA) is 54.4 Å². The summed E-state index contributed by atoms with van der Waals surface area (Å²) < 4.78 is 29.4. The fourth-order valence-electron chi connectivity index (χ4n) is 1.77. The summed E-state index contributed by atoms with van der Waals surface area (Å²) in [4.78, 5) is 0. The Morgan fingerprint density at radius 3 is 1.47 bits per heavy atom. The van der Waals surface area contributed by atoms with Crippen LogP contribution in [0, 0.1) is 0 Å². The molecule has 3 nitrogen and oxygen atoms in total. The monoisotopic (exact) mass is 276 g/mol. The van der Waals surface area contributed by atoms with Gasteiger partial charge in [0.15, 0.2) is 0 Å². The fourth-order valence-corrected chi connectivity index (χ4v) is 2.34. The SMILES string of the molecule is CCCCCCCCCCCCS(=O)(=O)O.[MgH2]. The number of rotatable bonds is 11. The van der Waals surface area contributed by atoms with Crippen LogP contribution in [0.5, 0.6) is 0 Å². The van der Waals surface area contributed by atoms with Gasteiger partial charge in [-0.1, -0.05) is 64.7 Å². The van der Waals surface area contributed by atoms with Crippen molar-refractivity contribution in [1.82, 2.24) is 0 Å². The molecule has 0 radical (unpaired) electrons. The normalized spacial score (nSPS) is 11.2. The smallest absolute Gasteiger partial charge is 0.286 e. The number of unbranched alkanes of at least 4 members (excludes halogenated alkanes) is 9. The molecule has 1 N–H and O–H groups in total. The number of hydrogen-bond acceptors (Lipinski definition) is 2. The van der Waals surface area contributed by atoms with Crippen LogP contribution in [-0.2, 0) is 10.1 Å². The van der Waals surface area contributed by atoms with Crippen molar-refractivity contribution < 1.29 is 13.0 Å². The van der Waals surface area contributed by atoms with E-state index in [0.29, 0.717) is 6.42 Å². The van der Waals surface area contributed by atoms with E-state index in [-0.39, 0.29) is 28.8 Å². The predicted molar refractivity (Wildman–Crippen MR) is 76.8 cm³/mol. The van der Waals surface area contributed by atoms with Gasteiger partial charge < -0.3 is 0 Å². The van der Waals surface area contributed by atoms with Crippen LogP contribution in [0.2, 0.25) is 0 Å². The van der Waals surface area contributed by atoms with E-state index >= 15 is 0 Å². The highest BCUT2D eigenvalue weighted by molar-refractivity contribution is 7.85. The van der Waals surface area contributed by atoms with Crippen LogP contribution < -0.4 is 0 Å². The summed E-state index contributed by atoms with van der Waals surface area (Å²) in [6.45, 7) is 2.22. The molecule has 0 rings (SSSR count). The molecular weight excluding hydrogens is 249 g/mol. The highest BCUT2D eigenvalue weighted by Gasteiger charge is 2.02. The maximum Gasteiger partial charge on any atom is 0.316 e. The van der Waals surface area contributed by atoms with Gasteiger partial charge in [-0.25, -0.2) is 0 Å². The Morgan fingerprint density at radius 1 is 0.765 bits per heavy atom. The first-order chi connectivity index (χ1) is 7.56. The van der Waals surface area contributed by atoms with Gasteiger partial charge in [0.1, 0.15) is 0 Å². The van der Waals surface area contributed by atoms with Crippen molar-refractivity contribution in [2.24, 2.45) is 0 Å². The van der Waals surface area contributed by atoms with E-state index in [2.05, 4.69) is 6.92 Å². The lowest BCUT2D eigenvalue weighted by molar-refractivity contribution is 0.478. The second-order valence-corrected chi connectivity index (χ2v) is 6.04. The lowest BCUT2D eigenvalue weighted by atomic mass is 10.1. The van der Waals surface area contributed by atoms with Crippen molar-refractivity contribution in [3.05, 3.63) is 0 Å². The van der Waals surface area contributed by atoms with Gasteiger partial charge in [0.05, 0.1) is 5.75 Å². The quantitative estimate of drug-likeness (QED) is 0.359. The molecule has 0 unspecified atom stereocenters. The Morgan fingerprint density at radius 2 is 1.12 bits per heavy atom. The van der Waals surface area contributed by atoms with Crippen molar-refractivity contribution in [3.63, 3.8) is 0 Å². The maximum absolute atomic E-state index is 10.4.